The maximum Gasteiger partial charge on any atom is 0.261 e. The minimum Gasteiger partial charge on any atom is -0.388 e. The summed E-state index contributed by atoms with van der Waals surface area (Å²) in [6.07, 6.45) is 5.01. The maximum absolute atomic E-state index is 12.3. The minimum absolute atomic E-state index is 0.211. The van der Waals surface area contributed by atoms with Gasteiger partial charge in [-0.2, -0.15) is 4.80 Å². The molecule has 0 bridgehead atoms. The lowest BCUT2D eigenvalue weighted by Crippen LogP contribution is -2.37. The molecule has 1 aromatic carbocycles. The first-order valence-electron chi connectivity index (χ1n) is 9.00. The van der Waals surface area contributed by atoms with Crippen LogP contribution in [0, 0.1) is 0 Å². The number of aliphatic hydroxyl groups is 1. The Bertz CT molecular complexity index is 806. The minimum atomic E-state index is -0.765. The number of carbonyl (C=O) groups is 2. The van der Waals surface area contributed by atoms with Crippen molar-refractivity contribution in [3.05, 3.63) is 41.2 Å². The van der Waals surface area contributed by atoms with E-state index in [2.05, 4.69) is 15.4 Å². The number of hydrogen-bond acceptors (Lipinski definition) is 6. The van der Waals surface area contributed by atoms with Gasteiger partial charge in [-0.15, -0.1) is 10.2 Å². The highest BCUT2D eigenvalue weighted by Gasteiger charge is 2.35. The molecule has 1 N–H and O–H groups in total. The number of rotatable bonds is 5. The molecule has 0 unspecified atom stereocenters. The van der Waals surface area contributed by atoms with Crippen LogP contribution in [0.1, 0.15) is 58.6 Å². The molecule has 26 heavy (non-hydrogen) atoms. The number of imide groups is 1. The summed E-state index contributed by atoms with van der Waals surface area (Å²) in [5.41, 5.74) is 0.112. The van der Waals surface area contributed by atoms with Gasteiger partial charge in [0.15, 0.2) is 5.82 Å². The van der Waals surface area contributed by atoms with Gasteiger partial charge in [-0.3, -0.25) is 14.5 Å². The molecule has 0 spiro atoms. The van der Waals surface area contributed by atoms with Crippen LogP contribution in [0.5, 0.6) is 0 Å². The molecule has 0 saturated heterocycles. The first-order valence-corrected chi connectivity index (χ1v) is 9.00. The number of hydrogen-bond donors (Lipinski definition) is 1. The molecule has 4 rings (SSSR count). The number of tetrazole rings is 1. The van der Waals surface area contributed by atoms with E-state index < -0.39 is 5.60 Å². The van der Waals surface area contributed by atoms with Crippen LogP contribution in [0.2, 0.25) is 0 Å². The van der Waals surface area contributed by atoms with Crippen molar-refractivity contribution < 1.29 is 14.7 Å². The van der Waals surface area contributed by atoms with Gasteiger partial charge in [0, 0.05) is 13.0 Å². The van der Waals surface area contributed by atoms with E-state index in [9.17, 15) is 14.7 Å². The lowest BCUT2D eigenvalue weighted by atomic mass is 9.85. The van der Waals surface area contributed by atoms with E-state index in [1.807, 2.05) is 0 Å². The zero-order valence-corrected chi connectivity index (χ0v) is 14.5. The van der Waals surface area contributed by atoms with Crippen LogP contribution >= 0.6 is 0 Å². The standard InChI is InChI=1S/C18H21N5O3/c24-16-13-6-2-3-7-14(13)17(25)22(16)11-8-15-19-21-23(20-15)12-18(26)9-4-1-5-10-18/h2-3,6-7,26H,1,4-5,8-12H2. The summed E-state index contributed by atoms with van der Waals surface area (Å²) in [6.45, 7) is 0.537. The highest BCUT2D eigenvalue weighted by Crippen LogP contribution is 2.29. The predicted molar refractivity (Wildman–Crippen MR) is 91.4 cm³/mol. The van der Waals surface area contributed by atoms with Crippen molar-refractivity contribution in [2.75, 3.05) is 6.54 Å². The van der Waals surface area contributed by atoms with Crippen molar-refractivity contribution in [2.24, 2.45) is 0 Å². The third-order valence-electron chi connectivity index (χ3n) is 5.15. The number of nitrogens with zero attached hydrogens (tertiary/aromatic N) is 5. The highest BCUT2D eigenvalue weighted by molar-refractivity contribution is 6.21. The molecule has 1 fully saturated rings. The van der Waals surface area contributed by atoms with Crippen LogP contribution in [0.3, 0.4) is 0 Å². The fraction of sp³-hybridized carbons (Fsp3) is 0.500. The molecule has 2 amide bonds. The Morgan fingerprint density at radius 1 is 1.04 bits per heavy atom. The van der Waals surface area contributed by atoms with Crippen LogP contribution in [0.4, 0.5) is 0 Å². The molecule has 1 aliphatic heterocycles. The van der Waals surface area contributed by atoms with Gasteiger partial charge in [-0.25, -0.2) is 0 Å². The lowest BCUT2D eigenvalue weighted by Gasteiger charge is -2.30. The average molecular weight is 355 g/mol. The molecule has 2 aromatic rings. The first kappa shape index (κ1) is 16.8. The molecular formula is C18H21N5O3. The fourth-order valence-electron chi connectivity index (χ4n) is 3.73. The van der Waals surface area contributed by atoms with Crippen molar-refractivity contribution in [2.45, 2.75) is 50.7 Å². The van der Waals surface area contributed by atoms with Crippen LogP contribution in [-0.4, -0.2) is 54.2 Å². The highest BCUT2D eigenvalue weighted by atomic mass is 16.3. The Labute approximate surface area is 150 Å². The van der Waals surface area contributed by atoms with Crippen molar-refractivity contribution in [3.8, 4) is 0 Å². The van der Waals surface area contributed by atoms with E-state index in [1.54, 1.807) is 24.3 Å². The van der Waals surface area contributed by atoms with Gasteiger partial charge in [-0.05, 0) is 30.2 Å². The summed E-state index contributed by atoms with van der Waals surface area (Å²) in [7, 11) is 0. The predicted octanol–water partition coefficient (Wildman–Crippen LogP) is 1.21. The number of aromatic nitrogens is 4. The Morgan fingerprint density at radius 3 is 2.35 bits per heavy atom. The second-order valence-corrected chi connectivity index (χ2v) is 7.08. The third-order valence-corrected chi connectivity index (χ3v) is 5.15. The summed E-state index contributed by atoms with van der Waals surface area (Å²) in [5, 5.41) is 22.9. The van der Waals surface area contributed by atoms with E-state index in [0.717, 1.165) is 32.1 Å². The Morgan fingerprint density at radius 2 is 1.69 bits per heavy atom. The molecule has 0 atom stereocenters. The molecule has 2 heterocycles. The van der Waals surface area contributed by atoms with E-state index in [1.165, 1.54) is 9.70 Å². The SMILES string of the molecule is O=C1c2ccccc2C(=O)N1CCc1nnn(CC2(O)CCCCC2)n1. The molecular weight excluding hydrogens is 334 g/mol. The van der Waals surface area contributed by atoms with Crippen LogP contribution < -0.4 is 0 Å². The van der Waals surface area contributed by atoms with Crippen LogP contribution in [0.25, 0.3) is 0 Å². The summed E-state index contributed by atoms with van der Waals surface area (Å²) in [5.74, 6) is -0.106. The summed E-state index contributed by atoms with van der Waals surface area (Å²) in [4.78, 5) is 27.3. The summed E-state index contributed by atoms with van der Waals surface area (Å²) >= 11 is 0. The molecule has 8 heteroatoms. The normalized spacial score (nSPS) is 19.0. The first-order chi connectivity index (χ1) is 12.6. The monoisotopic (exact) mass is 355 g/mol. The molecule has 1 aliphatic carbocycles. The number of benzene rings is 1. The number of carbonyl (C=O) groups excluding carboxylic acids is 2. The molecule has 136 valence electrons. The topological polar surface area (TPSA) is 101 Å². The lowest BCUT2D eigenvalue weighted by molar-refractivity contribution is -0.0180. The average Bonchev–Trinajstić information content (AvgIpc) is 3.17. The summed E-state index contributed by atoms with van der Waals surface area (Å²) in [6, 6.07) is 6.82. The van der Waals surface area contributed by atoms with Crippen LogP contribution in [0.15, 0.2) is 24.3 Å². The van der Waals surface area contributed by atoms with E-state index in [0.29, 0.717) is 29.9 Å². The van der Waals surface area contributed by atoms with Gasteiger partial charge < -0.3 is 5.11 Å². The van der Waals surface area contributed by atoms with Gasteiger partial charge in [0.2, 0.25) is 0 Å². The third kappa shape index (κ3) is 3.12. The molecule has 1 aromatic heterocycles. The summed E-state index contributed by atoms with van der Waals surface area (Å²) < 4.78 is 0. The van der Waals surface area contributed by atoms with Gasteiger partial charge in [0.05, 0.1) is 23.3 Å². The smallest absolute Gasteiger partial charge is 0.261 e. The molecule has 0 radical (unpaired) electrons. The van der Waals surface area contributed by atoms with Crippen molar-refractivity contribution in [1.29, 1.82) is 0 Å². The van der Waals surface area contributed by atoms with E-state index in [4.69, 9.17) is 0 Å². The Kier molecular flexibility index (Phi) is 4.28. The number of fused-ring (bicyclic) bond motifs is 1. The van der Waals surface area contributed by atoms with Gasteiger partial charge in [-0.1, -0.05) is 31.4 Å². The fourth-order valence-corrected chi connectivity index (χ4v) is 3.73. The van der Waals surface area contributed by atoms with E-state index in [-0.39, 0.29) is 18.4 Å². The second-order valence-electron chi connectivity index (χ2n) is 7.08. The Hall–Kier alpha value is -2.61. The second kappa shape index (κ2) is 6.60. The van der Waals surface area contributed by atoms with Gasteiger partial charge >= 0.3 is 0 Å². The molecule has 1 saturated carbocycles. The zero-order valence-electron chi connectivity index (χ0n) is 14.5. The van der Waals surface area contributed by atoms with E-state index >= 15 is 0 Å². The Balaban J connectivity index is 1.38. The van der Waals surface area contributed by atoms with Gasteiger partial charge in [0.1, 0.15) is 0 Å². The van der Waals surface area contributed by atoms with Gasteiger partial charge in [0.25, 0.3) is 11.8 Å². The quantitative estimate of drug-likeness (QED) is 0.809. The zero-order chi connectivity index (χ0) is 18.1. The number of amides is 2. The largest absolute Gasteiger partial charge is 0.388 e. The van der Waals surface area contributed by atoms with Crippen molar-refractivity contribution >= 4 is 11.8 Å². The maximum atomic E-state index is 12.3. The molecule has 8 nitrogen and oxygen atoms in total. The van der Waals surface area contributed by atoms with Crippen molar-refractivity contribution in [3.63, 3.8) is 0 Å². The van der Waals surface area contributed by atoms with Crippen LogP contribution in [-0.2, 0) is 13.0 Å². The molecule has 2 aliphatic rings. The van der Waals surface area contributed by atoms with Crippen molar-refractivity contribution in [1.82, 2.24) is 25.1 Å².